The second kappa shape index (κ2) is 4.97. The van der Waals surface area contributed by atoms with E-state index in [1.165, 1.54) is 5.57 Å². The number of carboxylic acids is 1. The molecule has 1 aliphatic rings. The number of aliphatic carboxylic acids is 1. The van der Waals surface area contributed by atoms with Gasteiger partial charge in [0.25, 0.3) is 0 Å². The molecule has 1 aromatic carbocycles. The molecule has 0 fully saturated rings. The van der Waals surface area contributed by atoms with Crippen molar-refractivity contribution in [3.05, 3.63) is 35.9 Å². The van der Waals surface area contributed by atoms with Gasteiger partial charge in [-0.3, -0.25) is 0 Å². The van der Waals surface area contributed by atoms with Crippen molar-refractivity contribution in [2.75, 3.05) is 4.90 Å². The first-order valence-electron chi connectivity index (χ1n) is 7.06. The molecule has 3 nitrogen and oxygen atoms in total. The van der Waals surface area contributed by atoms with Gasteiger partial charge in [0, 0.05) is 11.3 Å². The van der Waals surface area contributed by atoms with Crippen LogP contribution in [0, 0.1) is 5.92 Å². The highest BCUT2D eigenvalue weighted by Crippen LogP contribution is 2.41. The van der Waals surface area contributed by atoms with Crippen molar-refractivity contribution in [2.45, 2.75) is 46.2 Å². The van der Waals surface area contributed by atoms with E-state index in [0.717, 1.165) is 11.3 Å². The third kappa shape index (κ3) is 2.33. The summed E-state index contributed by atoms with van der Waals surface area (Å²) in [6.07, 6.45) is 2.16. The third-order valence-electron chi connectivity index (χ3n) is 3.94. The Balaban J connectivity index is 2.64. The number of rotatable bonds is 3. The summed E-state index contributed by atoms with van der Waals surface area (Å²) < 4.78 is 0. The van der Waals surface area contributed by atoms with Crippen molar-refractivity contribution in [3.8, 4) is 0 Å². The van der Waals surface area contributed by atoms with Crippen LogP contribution in [0.15, 0.2) is 30.3 Å². The summed E-state index contributed by atoms with van der Waals surface area (Å²) in [5, 5.41) is 9.66. The second-order valence-corrected chi connectivity index (χ2v) is 6.40. The normalized spacial score (nSPS) is 18.5. The number of carbonyl (C=O) groups is 1. The summed E-state index contributed by atoms with van der Waals surface area (Å²) in [5.41, 5.74) is 3.03. The van der Waals surface area contributed by atoms with E-state index in [0.29, 0.717) is 0 Å². The number of para-hydroxylation sites is 1. The van der Waals surface area contributed by atoms with Crippen LogP contribution in [0.25, 0.3) is 5.57 Å². The lowest BCUT2D eigenvalue weighted by atomic mass is 9.85. The summed E-state index contributed by atoms with van der Waals surface area (Å²) >= 11 is 0. The summed E-state index contributed by atoms with van der Waals surface area (Å²) in [6, 6.07) is 7.52. The van der Waals surface area contributed by atoms with E-state index in [4.69, 9.17) is 0 Å². The highest BCUT2D eigenvalue weighted by Gasteiger charge is 2.40. The lowest BCUT2D eigenvalue weighted by Gasteiger charge is -2.47. The largest absolute Gasteiger partial charge is 0.480 e. The van der Waals surface area contributed by atoms with Crippen LogP contribution in [-0.4, -0.2) is 22.7 Å². The maximum Gasteiger partial charge on any atom is 0.326 e. The molecule has 0 saturated carbocycles. The Bertz CT molecular complexity index is 558. The zero-order valence-electron chi connectivity index (χ0n) is 12.8. The highest BCUT2D eigenvalue weighted by atomic mass is 16.4. The fourth-order valence-electron chi connectivity index (χ4n) is 3.21. The summed E-state index contributed by atoms with van der Waals surface area (Å²) in [5.74, 6) is -0.734. The predicted octanol–water partition coefficient (Wildman–Crippen LogP) is 3.80. The number of fused-ring (bicyclic) bond motifs is 1. The van der Waals surface area contributed by atoms with Gasteiger partial charge in [0.1, 0.15) is 6.04 Å². The lowest BCUT2D eigenvalue weighted by Crippen LogP contribution is -2.56. The second-order valence-electron chi connectivity index (χ2n) is 6.40. The van der Waals surface area contributed by atoms with E-state index < -0.39 is 12.0 Å². The van der Waals surface area contributed by atoms with E-state index in [2.05, 4.69) is 32.9 Å². The fourth-order valence-corrected chi connectivity index (χ4v) is 3.21. The number of allylic oxidation sites excluding steroid dienone is 1. The van der Waals surface area contributed by atoms with E-state index >= 15 is 0 Å². The molecule has 1 N–H and O–H groups in total. The van der Waals surface area contributed by atoms with Gasteiger partial charge >= 0.3 is 5.97 Å². The Morgan fingerprint density at radius 2 is 1.85 bits per heavy atom. The van der Waals surface area contributed by atoms with Gasteiger partial charge in [-0.1, -0.05) is 38.1 Å². The fraction of sp³-hybridized carbons (Fsp3) is 0.471. The summed E-state index contributed by atoms with van der Waals surface area (Å²) in [7, 11) is 0. The first-order chi connectivity index (χ1) is 9.25. The van der Waals surface area contributed by atoms with E-state index in [1.807, 2.05) is 36.9 Å². The molecule has 1 atom stereocenters. The Morgan fingerprint density at radius 3 is 2.40 bits per heavy atom. The minimum atomic E-state index is -0.768. The molecular weight excluding hydrogens is 250 g/mol. The van der Waals surface area contributed by atoms with Gasteiger partial charge < -0.3 is 10.0 Å². The molecular formula is C17H23NO2. The Hall–Kier alpha value is -1.77. The maximum atomic E-state index is 11.8. The molecule has 3 heteroatoms. The molecule has 2 rings (SSSR count). The number of hydrogen-bond donors (Lipinski definition) is 1. The minimum Gasteiger partial charge on any atom is -0.480 e. The van der Waals surface area contributed by atoms with E-state index in [1.54, 1.807) is 0 Å². The molecule has 0 aromatic heterocycles. The molecule has 0 radical (unpaired) electrons. The van der Waals surface area contributed by atoms with Crippen LogP contribution in [0.4, 0.5) is 5.69 Å². The predicted molar refractivity (Wildman–Crippen MR) is 82.9 cm³/mol. The number of hydrogen-bond acceptors (Lipinski definition) is 2. The number of anilines is 1. The average molecular weight is 273 g/mol. The molecule has 0 bridgehead atoms. The Kier molecular flexibility index (Phi) is 3.63. The van der Waals surface area contributed by atoms with Crippen LogP contribution >= 0.6 is 0 Å². The molecule has 1 aromatic rings. The maximum absolute atomic E-state index is 11.8. The average Bonchev–Trinajstić information content (AvgIpc) is 2.32. The van der Waals surface area contributed by atoms with Crippen LogP contribution in [0.1, 0.15) is 40.2 Å². The first-order valence-corrected chi connectivity index (χ1v) is 7.06. The first kappa shape index (κ1) is 14.6. The van der Waals surface area contributed by atoms with Crippen molar-refractivity contribution >= 4 is 17.2 Å². The zero-order valence-corrected chi connectivity index (χ0v) is 12.8. The van der Waals surface area contributed by atoms with Gasteiger partial charge in [-0.15, -0.1) is 0 Å². The monoisotopic (exact) mass is 273 g/mol. The molecule has 0 amide bonds. The van der Waals surface area contributed by atoms with Crippen LogP contribution in [-0.2, 0) is 4.79 Å². The van der Waals surface area contributed by atoms with Gasteiger partial charge in [0.2, 0.25) is 0 Å². The highest BCUT2D eigenvalue weighted by molar-refractivity contribution is 5.86. The number of carboxylic acid groups (broad SMARTS) is 1. The van der Waals surface area contributed by atoms with E-state index in [9.17, 15) is 9.90 Å². The van der Waals surface area contributed by atoms with Crippen LogP contribution in [0.3, 0.4) is 0 Å². The summed E-state index contributed by atoms with van der Waals surface area (Å²) in [6.45, 7) is 10.2. The topological polar surface area (TPSA) is 40.5 Å². The molecule has 108 valence electrons. The number of benzene rings is 1. The van der Waals surface area contributed by atoms with Crippen molar-refractivity contribution in [1.29, 1.82) is 0 Å². The SMILES string of the molecule is CC1=CC(C)(C)N([C@@H](C(=O)O)C(C)C)c2ccccc21. The van der Waals surface area contributed by atoms with Crippen LogP contribution in [0.5, 0.6) is 0 Å². The molecule has 0 saturated heterocycles. The van der Waals surface area contributed by atoms with Crippen LogP contribution in [0.2, 0.25) is 0 Å². The standard InChI is InChI=1S/C17H23NO2/c1-11(2)15(16(19)20)18-14-9-7-6-8-13(14)12(3)10-17(18,4)5/h6-11,15H,1-5H3,(H,19,20)/t15-/m1/s1. The zero-order chi connectivity index (χ0) is 15.1. The van der Waals surface area contributed by atoms with Crippen molar-refractivity contribution in [2.24, 2.45) is 5.92 Å². The van der Waals surface area contributed by atoms with Gasteiger partial charge in [-0.2, -0.15) is 0 Å². The summed E-state index contributed by atoms with van der Waals surface area (Å²) in [4.78, 5) is 13.8. The molecule has 0 aliphatic carbocycles. The number of nitrogens with zero attached hydrogens (tertiary/aromatic N) is 1. The minimum absolute atomic E-state index is 0.0339. The quantitative estimate of drug-likeness (QED) is 0.910. The molecule has 1 heterocycles. The van der Waals surface area contributed by atoms with Gasteiger partial charge in [-0.05, 0) is 38.3 Å². The Morgan fingerprint density at radius 1 is 1.25 bits per heavy atom. The van der Waals surface area contributed by atoms with Crippen molar-refractivity contribution < 1.29 is 9.90 Å². The third-order valence-corrected chi connectivity index (χ3v) is 3.94. The Labute approximate surface area is 120 Å². The van der Waals surface area contributed by atoms with E-state index in [-0.39, 0.29) is 11.5 Å². The van der Waals surface area contributed by atoms with Gasteiger partial charge in [0.15, 0.2) is 0 Å². The lowest BCUT2D eigenvalue weighted by molar-refractivity contribution is -0.140. The molecule has 20 heavy (non-hydrogen) atoms. The van der Waals surface area contributed by atoms with Gasteiger partial charge in [0.05, 0.1) is 5.54 Å². The molecule has 0 spiro atoms. The van der Waals surface area contributed by atoms with Crippen molar-refractivity contribution in [1.82, 2.24) is 0 Å². The molecule has 1 aliphatic heterocycles. The smallest absolute Gasteiger partial charge is 0.326 e. The van der Waals surface area contributed by atoms with Gasteiger partial charge in [-0.25, -0.2) is 4.79 Å². The van der Waals surface area contributed by atoms with Crippen LogP contribution < -0.4 is 4.90 Å². The molecule has 0 unspecified atom stereocenters. The van der Waals surface area contributed by atoms with Crippen molar-refractivity contribution in [3.63, 3.8) is 0 Å².